The Hall–Kier alpha value is -1.78. The third kappa shape index (κ3) is 6.47. The van der Waals surface area contributed by atoms with Gasteiger partial charge in [0.15, 0.2) is 0 Å². The van der Waals surface area contributed by atoms with E-state index in [1.165, 1.54) is 12.1 Å². The number of hydrogen-bond donors (Lipinski definition) is 0. The van der Waals surface area contributed by atoms with E-state index in [0.717, 1.165) is 43.7 Å². The van der Waals surface area contributed by atoms with Crippen molar-refractivity contribution in [1.82, 2.24) is 9.80 Å². The fraction of sp³-hybridized carbons (Fsp3) is 0.368. The number of hydrogen-bond acceptors (Lipinski definition) is 2. The Morgan fingerprint density at radius 2 is 1.17 bits per heavy atom. The standard InChI is InChI=1S/C19H24F2N2/c1-22(14-16-6-3-8-18(20)12-16)10-5-11-23(2)15-17-7-4-9-19(21)13-17/h3-4,6-9,12-13H,5,10-11,14-15H2,1-2H3. The summed E-state index contributed by atoms with van der Waals surface area (Å²) in [5.74, 6) is -0.378. The summed E-state index contributed by atoms with van der Waals surface area (Å²) in [4.78, 5) is 4.37. The first-order valence-electron chi connectivity index (χ1n) is 7.89. The van der Waals surface area contributed by atoms with Crippen molar-refractivity contribution in [3.05, 3.63) is 71.3 Å². The van der Waals surface area contributed by atoms with Crippen LogP contribution in [0.25, 0.3) is 0 Å². The Morgan fingerprint density at radius 1 is 0.739 bits per heavy atom. The first-order valence-corrected chi connectivity index (χ1v) is 7.89. The van der Waals surface area contributed by atoms with Crippen molar-refractivity contribution in [2.45, 2.75) is 19.5 Å². The monoisotopic (exact) mass is 318 g/mol. The third-order valence-corrected chi connectivity index (χ3v) is 3.76. The summed E-state index contributed by atoms with van der Waals surface area (Å²) in [6.07, 6.45) is 1.01. The third-order valence-electron chi connectivity index (χ3n) is 3.76. The second kappa shape index (κ2) is 8.75. The van der Waals surface area contributed by atoms with Crippen LogP contribution >= 0.6 is 0 Å². The Labute approximate surface area is 137 Å². The number of benzene rings is 2. The highest BCUT2D eigenvalue weighted by Gasteiger charge is 2.04. The van der Waals surface area contributed by atoms with Gasteiger partial charge in [0.05, 0.1) is 0 Å². The lowest BCUT2D eigenvalue weighted by Gasteiger charge is -2.20. The summed E-state index contributed by atoms with van der Waals surface area (Å²) in [5.41, 5.74) is 1.97. The molecule has 0 radical (unpaired) electrons. The highest BCUT2D eigenvalue weighted by atomic mass is 19.1. The highest BCUT2D eigenvalue weighted by Crippen LogP contribution is 2.08. The Balaban J connectivity index is 1.69. The van der Waals surface area contributed by atoms with E-state index in [2.05, 4.69) is 9.80 Å². The van der Waals surface area contributed by atoms with E-state index in [9.17, 15) is 8.78 Å². The quantitative estimate of drug-likeness (QED) is 0.728. The lowest BCUT2D eigenvalue weighted by Crippen LogP contribution is -2.25. The molecule has 2 nitrogen and oxygen atoms in total. The van der Waals surface area contributed by atoms with Crippen LogP contribution in [-0.4, -0.2) is 37.0 Å². The highest BCUT2D eigenvalue weighted by molar-refractivity contribution is 5.16. The molecule has 0 bridgehead atoms. The van der Waals surface area contributed by atoms with Crippen LogP contribution in [0.3, 0.4) is 0 Å². The van der Waals surface area contributed by atoms with Crippen LogP contribution in [0.1, 0.15) is 17.5 Å². The molecular formula is C19H24F2N2. The van der Waals surface area contributed by atoms with E-state index in [-0.39, 0.29) is 11.6 Å². The van der Waals surface area contributed by atoms with E-state index in [1.807, 2.05) is 26.2 Å². The van der Waals surface area contributed by atoms with Crippen molar-refractivity contribution in [2.75, 3.05) is 27.2 Å². The van der Waals surface area contributed by atoms with Crippen LogP contribution in [0, 0.1) is 11.6 Å². The normalized spacial score (nSPS) is 11.4. The molecule has 0 fully saturated rings. The zero-order chi connectivity index (χ0) is 16.7. The smallest absolute Gasteiger partial charge is 0.123 e. The lowest BCUT2D eigenvalue weighted by molar-refractivity contribution is 0.270. The van der Waals surface area contributed by atoms with Crippen molar-refractivity contribution in [2.24, 2.45) is 0 Å². The van der Waals surface area contributed by atoms with Gasteiger partial charge in [-0.1, -0.05) is 24.3 Å². The molecular weight excluding hydrogens is 294 g/mol. The van der Waals surface area contributed by atoms with Crippen molar-refractivity contribution >= 4 is 0 Å². The summed E-state index contributed by atoms with van der Waals surface area (Å²) in [7, 11) is 4.08. The minimum atomic E-state index is -0.189. The molecule has 2 rings (SSSR count). The average molecular weight is 318 g/mol. The predicted molar refractivity (Wildman–Crippen MR) is 90.1 cm³/mol. The molecule has 0 N–H and O–H groups in total. The van der Waals surface area contributed by atoms with E-state index in [0.29, 0.717) is 0 Å². The van der Waals surface area contributed by atoms with Gasteiger partial charge in [-0.15, -0.1) is 0 Å². The van der Waals surface area contributed by atoms with Gasteiger partial charge in [-0.25, -0.2) is 8.78 Å². The maximum Gasteiger partial charge on any atom is 0.123 e. The van der Waals surface area contributed by atoms with Crippen LogP contribution in [0.5, 0.6) is 0 Å². The molecule has 0 aliphatic rings. The summed E-state index contributed by atoms with van der Waals surface area (Å²) < 4.78 is 26.3. The first kappa shape index (κ1) is 17.6. The van der Waals surface area contributed by atoms with Crippen molar-refractivity contribution in [1.29, 1.82) is 0 Å². The van der Waals surface area contributed by atoms with Crippen LogP contribution in [0.2, 0.25) is 0 Å². The van der Waals surface area contributed by atoms with E-state index in [4.69, 9.17) is 0 Å². The van der Waals surface area contributed by atoms with E-state index >= 15 is 0 Å². The first-order chi connectivity index (χ1) is 11.0. The molecule has 0 spiro atoms. The molecule has 0 saturated heterocycles. The zero-order valence-electron chi connectivity index (χ0n) is 13.8. The molecule has 2 aromatic rings. The average Bonchev–Trinajstić information content (AvgIpc) is 2.47. The maximum atomic E-state index is 13.2. The zero-order valence-corrected chi connectivity index (χ0v) is 13.8. The summed E-state index contributed by atoms with van der Waals surface area (Å²) >= 11 is 0. The Kier molecular flexibility index (Phi) is 6.68. The molecule has 0 aliphatic carbocycles. The molecule has 0 unspecified atom stereocenters. The topological polar surface area (TPSA) is 6.48 Å². The molecule has 0 saturated carbocycles. The Morgan fingerprint density at radius 3 is 1.57 bits per heavy atom. The fourth-order valence-electron chi connectivity index (χ4n) is 2.66. The molecule has 0 aliphatic heterocycles. The lowest BCUT2D eigenvalue weighted by atomic mass is 10.2. The maximum absolute atomic E-state index is 13.2. The largest absolute Gasteiger partial charge is 0.302 e. The molecule has 0 atom stereocenters. The molecule has 2 aromatic carbocycles. The van der Waals surface area contributed by atoms with Crippen LogP contribution in [-0.2, 0) is 13.1 Å². The van der Waals surface area contributed by atoms with Crippen molar-refractivity contribution in [3.8, 4) is 0 Å². The van der Waals surface area contributed by atoms with Crippen molar-refractivity contribution < 1.29 is 8.78 Å². The molecule has 0 heterocycles. The van der Waals surface area contributed by atoms with E-state index in [1.54, 1.807) is 24.3 Å². The second-order valence-corrected chi connectivity index (χ2v) is 6.09. The Bertz CT molecular complexity index is 562. The van der Waals surface area contributed by atoms with Gasteiger partial charge in [0.25, 0.3) is 0 Å². The van der Waals surface area contributed by atoms with Crippen LogP contribution < -0.4 is 0 Å². The molecule has 23 heavy (non-hydrogen) atoms. The molecule has 0 aromatic heterocycles. The van der Waals surface area contributed by atoms with Gasteiger partial charge in [0, 0.05) is 13.1 Å². The summed E-state index contributed by atoms with van der Waals surface area (Å²) in [5, 5.41) is 0. The van der Waals surface area contributed by atoms with Gasteiger partial charge in [0.1, 0.15) is 11.6 Å². The van der Waals surface area contributed by atoms with Crippen LogP contribution in [0.15, 0.2) is 48.5 Å². The van der Waals surface area contributed by atoms with E-state index < -0.39 is 0 Å². The van der Waals surface area contributed by atoms with Gasteiger partial charge in [-0.05, 0) is 69.0 Å². The summed E-state index contributed by atoms with van der Waals surface area (Å²) in [6, 6.07) is 13.4. The predicted octanol–water partition coefficient (Wildman–Crippen LogP) is 3.92. The van der Waals surface area contributed by atoms with Gasteiger partial charge >= 0.3 is 0 Å². The summed E-state index contributed by atoms with van der Waals surface area (Å²) in [6.45, 7) is 3.35. The van der Waals surface area contributed by atoms with Gasteiger partial charge in [-0.3, -0.25) is 0 Å². The SMILES string of the molecule is CN(CCCN(C)Cc1cccc(F)c1)Cc1cccc(F)c1. The number of rotatable bonds is 8. The number of nitrogens with zero attached hydrogens (tertiary/aromatic N) is 2. The molecule has 4 heteroatoms. The minimum Gasteiger partial charge on any atom is -0.302 e. The molecule has 124 valence electrons. The van der Waals surface area contributed by atoms with Gasteiger partial charge in [0.2, 0.25) is 0 Å². The van der Waals surface area contributed by atoms with Gasteiger partial charge in [-0.2, -0.15) is 0 Å². The van der Waals surface area contributed by atoms with Crippen molar-refractivity contribution in [3.63, 3.8) is 0 Å². The fourth-order valence-corrected chi connectivity index (χ4v) is 2.66. The molecule has 0 amide bonds. The van der Waals surface area contributed by atoms with Crippen LogP contribution in [0.4, 0.5) is 8.78 Å². The minimum absolute atomic E-state index is 0.189. The van der Waals surface area contributed by atoms with Gasteiger partial charge < -0.3 is 9.80 Å². The second-order valence-electron chi connectivity index (χ2n) is 6.09. The number of halogens is 2.